The molecule has 18 heavy (non-hydrogen) atoms. The Hall–Kier alpha value is -1.52. The summed E-state index contributed by atoms with van der Waals surface area (Å²) in [5.41, 5.74) is 1.40. The monoisotopic (exact) mass is 253 g/mol. The quantitative estimate of drug-likeness (QED) is 0.836. The van der Waals surface area contributed by atoms with Crippen molar-refractivity contribution in [2.24, 2.45) is 7.05 Å². The van der Waals surface area contributed by atoms with Gasteiger partial charge in [-0.15, -0.1) is 0 Å². The maximum Gasteiger partial charge on any atom is 0.325 e. The lowest BCUT2D eigenvalue weighted by molar-refractivity contribution is -0.152. The van der Waals surface area contributed by atoms with Crippen molar-refractivity contribution in [3.63, 3.8) is 0 Å². The summed E-state index contributed by atoms with van der Waals surface area (Å²) in [4.78, 5) is 11.6. The number of hydrogen-bond donors (Lipinski definition) is 1. The maximum absolute atomic E-state index is 11.6. The van der Waals surface area contributed by atoms with E-state index in [2.05, 4.69) is 24.3 Å². The molecule has 1 aromatic rings. The zero-order chi connectivity index (χ0) is 13.9. The second kappa shape index (κ2) is 5.42. The first-order valence-electron chi connectivity index (χ1n) is 6.18. The number of rotatable bonds is 4. The highest BCUT2D eigenvalue weighted by atomic mass is 16.6. The summed E-state index contributed by atoms with van der Waals surface area (Å²) in [5.74, 6) is 0.0494. The summed E-state index contributed by atoms with van der Waals surface area (Å²) in [5, 5.41) is 7.44. The Kier molecular flexibility index (Phi) is 4.38. The number of carbonyl (C=O) groups is 1. The van der Waals surface area contributed by atoms with Gasteiger partial charge in [-0.05, 0) is 26.7 Å². The third kappa shape index (κ3) is 4.39. The average Bonchev–Trinajstić information content (AvgIpc) is 2.54. The molecular weight excluding hydrogens is 230 g/mol. The Balaban J connectivity index is 2.61. The van der Waals surface area contributed by atoms with Crippen LogP contribution in [0.3, 0.4) is 0 Å². The van der Waals surface area contributed by atoms with Gasteiger partial charge in [-0.1, -0.05) is 13.8 Å². The van der Waals surface area contributed by atoms with Gasteiger partial charge in [-0.3, -0.25) is 9.48 Å². The summed E-state index contributed by atoms with van der Waals surface area (Å²) in [7, 11) is 1.87. The van der Waals surface area contributed by atoms with Gasteiger partial charge in [-0.25, -0.2) is 0 Å². The summed E-state index contributed by atoms with van der Waals surface area (Å²) in [6.07, 6.45) is 1.87. The summed E-state index contributed by atoms with van der Waals surface area (Å²) < 4.78 is 6.98. The van der Waals surface area contributed by atoms with E-state index >= 15 is 0 Å². The molecule has 0 aromatic carbocycles. The minimum atomic E-state index is -0.450. The Morgan fingerprint density at radius 1 is 1.50 bits per heavy atom. The van der Waals surface area contributed by atoms with Gasteiger partial charge in [0.05, 0.1) is 11.4 Å². The summed E-state index contributed by atoms with van der Waals surface area (Å²) >= 11 is 0. The first kappa shape index (κ1) is 14.5. The van der Waals surface area contributed by atoms with Crippen LogP contribution >= 0.6 is 0 Å². The number of aromatic nitrogens is 2. The van der Waals surface area contributed by atoms with E-state index in [4.69, 9.17) is 4.74 Å². The van der Waals surface area contributed by atoms with Crippen molar-refractivity contribution in [1.29, 1.82) is 0 Å². The Morgan fingerprint density at radius 3 is 2.61 bits per heavy atom. The predicted octanol–water partition coefficient (Wildman–Crippen LogP) is 2.30. The molecule has 0 spiro atoms. The SMILES string of the molecule is CC(C)c1nn(C)cc1NCC(=O)OC(C)(C)C. The van der Waals surface area contributed by atoms with E-state index in [9.17, 15) is 4.79 Å². The largest absolute Gasteiger partial charge is 0.459 e. The van der Waals surface area contributed by atoms with Crippen molar-refractivity contribution in [2.75, 3.05) is 11.9 Å². The highest BCUT2D eigenvalue weighted by Gasteiger charge is 2.17. The predicted molar refractivity (Wildman–Crippen MR) is 71.6 cm³/mol. The fraction of sp³-hybridized carbons (Fsp3) is 0.692. The molecule has 5 nitrogen and oxygen atoms in total. The normalized spacial score (nSPS) is 11.7. The molecule has 0 fully saturated rings. The number of esters is 1. The molecule has 0 amide bonds. The van der Waals surface area contributed by atoms with Crippen LogP contribution in [0.4, 0.5) is 5.69 Å². The lowest BCUT2D eigenvalue weighted by atomic mass is 10.1. The molecule has 0 saturated heterocycles. The van der Waals surface area contributed by atoms with Gasteiger partial charge in [-0.2, -0.15) is 5.10 Å². The standard InChI is InChI=1S/C13H23N3O2/c1-9(2)12-10(8-16(6)15-12)14-7-11(17)18-13(3,4)5/h8-9,14H,7H2,1-6H3. The number of anilines is 1. The van der Waals surface area contributed by atoms with Crippen molar-refractivity contribution in [2.45, 2.75) is 46.1 Å². The Morgan fingerprint density at radius 2 is 2.11 bits per heavy atom. The molecular formula is C13H23N3O2. The molecule has 0 saturated carbocycles. The molecule has 0 radical (unpaired) electrons. The topological polar surface area (TPSA) is 56.2 Å². The van der Waals surface area contributed by atoms with Gasteiger partial charge in [0.15, 0.2) is 0 Å². The lowest BCUT2D eigenvalue weighted by Gasteiger charge is -2.19. The third-order valence-corrected chi connectivity index (χ3v) is 2.25. The van der Waals surface area contributed by atoms with Gasteiger partial charge in [0, 0.05) is 13.2 Å². The number of carbonyl (C=O) groups excluding carboxylic acids is 1. The van der Waals surface area contributed by atoms with E-state index in [0.717, 1.165) is 11.4 Å². The fourth-order valence-electron chi connectivity index (χ4n) is 1.61. The zero-order valence-corrected chi connectivity index (χ0v) is 12.1. The van der Waals surface area contributed by atoms with Crippen molar-refractivity contribution in [1.82, 2.24) is 9.78 Å². The molecule has 0 aliphatic carbocycles. The molecule has 0 atom stereocenters. The van der Waals surface area contributed by atoms with E-state index in [1.165, 1.54) is 0 Å². The van der Waals surface area contributed by atoms with E-state index in [1.54, 1.807) is 4.68 Å². The van der Waals surface area contributed by atoms with Crippen molar-refractivity contribution in [3.8, 4) is 0 Å². The molecule has 102 valence electrons. The van der Waals surface area contributed by atoms with Crippen LogP contribution in [0.2, 0.25) is 0 Å². The van der Waals surface area contributed by atoms with Crippen LogP contribution in [0.15, 0.2) is 6.20 Å². The van der Waals surface area contributed by atoms with Crippen LogP contribution < -0.4 is 5.32 Å². The van der Waals surface area contributed by atoms with Crippen LogP contribution in [-0.4, -0.2) is 27.9 Å². The Labute approximate surface area is 109 Å². The molecule has 5 heteroatoms. The van der Waals surface area contributed by atoms with Crippen molar-refractivity contribution >= 4 is 11.7 Å². The van der Waals surface area contributed by atoms with Crippen LogP contribution in [0.5, 0.6) is 0 Å². The number of hydrogen-bond acceptors (Lipinski definition) is 4. The second-order valence-electron chi connectivity index (χ2n) is 5.70. The van der Waals surface area contributed by atoms with Gasteiger partial charge in [0.2, 0.25) is 0 Å². The summed E-state index contributed by atoms with van der Waals surface area (Å²) in [6.45, 7) is 9.86. The van der Waals surface area contributed by atoms with Crippen LogP contribution in [-0.2, 0) is 16.6 Å². The van der Waals surface area contributed by atoms with Crippen LogP contribution in [0, 0.1) is 0 Å². The lowest BCUT2D eigenvalue weighted by Crippen LogP contribution is -2.28. The van der Waals surface area contributed by atoms with E-state index in [-0.39, 0.29) is 12.5 Å². The molecule has 0 aliphatic heterocycles. The molecule has 1 heterocycles. The second-order valence-corrected chi connectivity index (χ2v) is 5.70. The van der Waals surface area contributed by atoms with Crippen LogP contribution in [0.25, 0.3) is 0 Å². The van der Waals surface area contributed by atoms with Gasteiger partial charge < -0.3 is 10.1 Å². The maximum atomic E-state index is 11.6. The average molecular weight is 253 g/mol. The van der Waals surface area contributed by atoms with Crippen molar-refractivity contribution < 1.29 is 9.53 Å². The van der Waals surface area contributed by atoms with E-state index < -0.39 is 5.60 Å². The smallest absolute Gasteiger partial charge is 0.325 e. The molecule has 0 aliphatic rings. The minimum absolute atomic E-state index is 0.155. The number of nitrogens with zero attached hydrogens (tertiary/aromatic N) is 2. The number of nitrogens with one attached hydrogen (secondary N) is 1. The van der Waals surface area contributed by atoms with Crippen molar-refractivity contribution in [3.05, 3.63) is 11.9 Å². The Bertz CT molecular complexity index is 416. The van der Waals surface area contributed by atoms with Crippen LogP contribution in [0.1, 0.15) is 46.2 Å². The molecule has 0 unspecified atom stereocenters. The highest BCUT2D eigenvalue weighted by Crippen LogP contribution is 2.21. The number of ether oxygens (including phenoxy) is 1. The van der Waals surface area contributed by atoms with E-state index in [0.29, 0.717) is 5.92 Å². The summed E-state index contributed by atoms with van der Waals surface area (Å²) in [6, 6.07) is 0. The molecule has 0 bridgehead atoms. The zero-order valence-electron chi connectivity index (χ0n) is 12.1. The highest BCUT2D eigenvalue weighted by molar-refractivity contribution is 5.75. The first-order valence-corrected chi connectivity index (χ1v) is 6.18. The third-order valence-electron chi connectivity index (χ3n) is 2.25. The number of aryl methyl sites for hydroxylation is 1. The van der Waals surface area contributed by atoms with Gasteiger partial charge in [0.1, 0.15) is 12.1 Å². The minimum Gasteiger partial charge on any atom is -0.459 e. The van der Waals surface area contributed by atoms with Gasteiger partial charge in [0.25, 0.3) is 0 Å². The van der Waals surface area contributed by atoms with E-state index in [1.807, 2.05) is 34.0 Å². The molecule has 1 N–H and O–H groups in total. The fourth-order valence-corrected chi connectivity index (χ4v) is 1.61. The van der Waals surface area contributed by atoms with Gasteiger partial charge >= 0.3 is 5.97 Å². The molecule has 1 rings (SSSR count). The molecule has 1 aromatic heterocycles. The first-order chi connectivity index (χ1) is 8.19.